The molecule has 2 saturated carbocycles. The molecule has 3 atom stereocenters. The summed E-state index contributed by atoms with van der Waals surface area (Å²) in [7, 11) is 0. The van der Waals surface area contributed by atoms with Crippen molar-refractivity contribution >= 4 is 11.9 Å². The minimum atomic E-state index is -0.945. The Bertz CT molecular complexity index is 347. The van der Waals surface area contributed by atoms with Crippen LogP contribution < -0.4 is 5.32 Å². The summed E-state index contributed by atoms with van der Waals surface area (Å²) in [5, 5.41) is 11.9. The number of rotatable bonds is 3. The first-order valence-corrected chi connectivity index (χ1v) is 6.85. The lowest BCUT2D eigenvalue weighted by atomic mass is 9.86. The topological polar surface area (TPSA) is 66.4 Å². The molecule has 0 heterocycles. The van der Waals surface area contributed by atoms with E-state index < -0.39 is 17.4 Å². The Hall–Kier alpha value is -1.06. The Morgan fingerprint density at radius 3 is 2.06 bits per heavy atom. The fourth-order valence-corrected chi connectivity index (χ4v) is 3.27. The molecule has 1 amide bonds. The maximum atomic E-state index is 12.2. The molecule has 0 aromatic carbocycles. The molecule has 0 radical (unpaired) electrons. The molecule has 2 fully saturated rings. The van der Waals surface area contributed by atoms with Gasteiger partial charge in [0.15, 0.2) is 0 Å². The summed E-state index contributed by atoms with van der Waals surface area (Å²) < 4.78 is 0. The third-order valence-corrected chi connectivity index (χ3v) is 4.36. The van der Waals surface area contributed by atoms with Crippen LogP contribution >= 0.6 is 0 Å². The van der Waals surface area contributed by atoms with Crippen molar-refractivity contribution in [3.05, 3.63) is 0 Å². The highest BCUT2D eigenvalue weighted by atomic mass is 16.4. The van der Waals surface area contributed by atoms with Gasteiger partial charge in [0.25, 0.3) is 0 Å². The van der Waals surface area contributed by atoms with E-state index in [9.17, 15) is 14.7 Å². The summed E-state index contributed by atoms with van der Waals surface area (Å²) in [5.74, 6) is 0.131. The molecule has 2 aliphatic rings. The maximum absolute atomic E-state index is 12.2. The first kappa shape index (κ1) is 13.4. The summed E-state index contributed by atoms with van der Waals surface area (Å²) in [6.45, 7) is 5.52. The Kier molecular flexibility index (Phi) is 3.39. The Morgan fingerprint density at radius 2 is 1.67 bits per heavy atom. The van der Waals surface area contributed by atoms with Crippen LogP contribution in [0.15, 0.2) is 0 Å². The van der Waals surface area contributed by atoms with Gasteiger partial charge in [-0.15, -0.1) is 0 Å². The molecule has 4 heteroatoms. The third-order valence-electron chi connectivity index (χ3n) is 4.36. The Morgan fingerprint density at radius 1 is 1.17 bits per heavy atom. The average molecular weight is 253 g/mol. The van der Waals surface area contributed by atoms with Crippen LogP contribution in [-0.2, 0) is 9.59 Å². The van der Waals surface area contributed by atoms with Crippen molar-refractivity contribution in [3.8, 4) is 0 Å². The molecule has 3 unspecified atom stereocenters. The van der Waals surface area contributed by atoms with Crippen molar-refractivity contribution in [2.75, 3.05) is 0 Å². The second-order valence-corrected chi connectivity index (χ2v) is 6.78. The number of aliphatic carboxylic acids is 1. The number of carbonyl (C=O) groups is 2. The molecular formula is C14H23NO3. The van der Waals surface area contributed by atoms with E-state index in [1.807, 2.05) is 20.8 Å². The zero-order chi connectivity index (χ0) is 13.5. The molecule has 2 N–H and O–H groups in total. The van der Waals surface area contributed by atoms with Crippen LogP contribution in [0, 0.1) is 23.2 Å². The van der Waals surface area contributed by atoms with Gasteiger partial charge in [0.1, 0.15) is 6.04 Å². The molecule has 0 saturated heterocycles. The van der Waals surface area contributed by atoms with Crippen molar-refractivity contribution in [1.29, 1.82) is 0 Å². The van der Waals surface area contributed by atoms with Gasteiger partial charge in [-0.1, -0.05) is 33.6 Å². The maximum Gasteiger partial charge on any atom is 0.326 e. The van der Waals surface area contributed by atoms with E-state index in [4.69, 9.17) is 0 Å². The number of carboxylic acid groups (broad SMARTS) is 1. The second-order valence-electron chi connectivity index (χ2n) is 6.78. The molecule has 0 aromatic rings. The van der Waals surface area contributed by atoms with Gasteiger partial charge < -0.3 is 10.4 Å². The van der Waals surface area contributed by atoms with Crippen molar-refractivity contribution < 1.29 is 14.7 Å². The highest BCUT2D eigenvalue weighted by molar-refractivity contribution is 5.87. The van der Waals surface area contributed by atoms with Crippen LogP contribution in [-0.4, -0.2) is 23.0 Å². The van der Waals surface area contributed by atoms with Crippen LogP contribution in [0.5, 0.6) is 0 Å². The number of nitrogens with one attached hydrogen (secondary N) is 1. The van der Waals surface area contributed by atoms with E-state index >= 15 is 0 Å². The van der Waals surface area contributed by atoms with Crippen molar-refractivity contribution in [1.82, 2.24) is 5.32 Å². The number of fused-ring (bicyclic) bond motifs is 1. The molecule has 0 aliphatic heterocycles. The number of amides is 1. The zero-order valence-corrected chi connectivity index (χ0v) is 11.4. The van der Waals surface area contributed by atoms with Crippen molar-refractivity contribution in [2.45, 2.75) is 52.5 Å². The lowest BCUT2D eigenvalue weighted by molar-refractivity contribution is -0.145. The molecule has 0 bridgehead atoms. The molecule has 102 valence electrons. The molecule has 18 heavy (non-hydrogen) atoms. The number of carbonyl (C=O) groups excluding carboxylic acids is 1. The molecule has 0 aromatic heterocycles. The number of hydrogen-bond acceptors (Lipinski definition) is 2. The standard InChI is InChI=1S/C14H23NO3/c1-14(2,3)11(13(17)18)15-12(16)10-8-6-4-5-7-9(8)10/h8-11H,4-7H2,1-3H3,(H,15,16)(H,17,18). The minimum absolute atomic E-state index is 0.0470. The normalized spacial score (nSPS) is 32.3. The van der Waals surface area contributed by atoms with E-state index in [-0.39, 0.29) is 11.8 Å². The fourth-order valence-electron chi connectivity index (χ4n) is 3.27. The van der Waals surface area contributed by atoms with Crippen LogP contribution in [0.4, 0.5) is 0 Å². The predicted molar refractivity (Wildman–Crippen MR) is 68.0 cm³/mol. The summed E-state index contributed by atoms with van der Waals surface area (Å²) >= 11 is 0. The first-order valence-electron chi connectivity index (χ1n) is 6.85. The lowest BCUT2D eigenvalue weighted by Crippen LogP contribution is -2.49. The van der Waals surface area contributed by atoms with Gasteiger partial charge in [-0.2, -0.15) is 0 Å². The molecule has 2 rings (SSSR count). The second kappa shape index (κ2) is 4.56. The molecule has 0 spiro atoms. The van der Waals surface area contributed by atoms with E-state index in [1.165, 1.54) is 12.8 Å². The quantitative estimate of drug-likeness (QED) is 0.809. The van der Waals surface area contributed by atoms with Crippen molar-refractivity contribution in [3.63, 3.8) is 0 Å². The van der Waals surface area contributed by atoms with Crippen LogP contribution in [0.2, 0.25) is 0 Å². The summed E-state index contributed by atoms with van der Waals surface area (Å²) in [6.07, 6.45) is 4.70. The number of hydrogen-bond donors (Lipinski definition) is 2. The van der Waals surface area contributed by atoms with Gasteiger partial charge in [0, 0.05) is 5.92 Å². The molecule has 2 aliphatic carbocycles. The van der Waals surface area contributed by atoms with E-state index in [0.717, 1.165) is 12.8 Å². The van der Waals surface area contributed by atoms with E-state index in [2.05, 4.69) is 5.32 Å². The smallest absolute Gasteiger partial charge is 0.326 e. The predicted octanol–water partition coefficient (Wildman–Crippen LogP) is 2.04. The van der Waals surface area contributed by atoms with E-state index in [0.29, 0.717) is 11.8 Å². The van der Waals surface area contributed by atoms with Crippen LogP contribution in [0.25, 0.3) is 0 Å². The molecule has 4 nitrogen and oxygen atoms in total. The third kappa shape index (κ3) is 2.52. The van der Waals surface area contributed by atoms with Crippen LogP contribution in [0.3, 0.4) is 0 Å². The van der Waals surface area contributed by atoms with Crippen LogP contribution in [0.1, 0.15) is 46.5 Å². The average Bonchev–Trinajstić information content (AvgIpc) is 2.97. The highest BCUT2D eigenvalue weighted by Crippen LogP contribution is 2.55. The van der Waals surface area contributed by atoms with Gasteiger partial charge >= 0.3 is 5.97 Å². The van der Waals surface area contributed by atoms with Gasteiger partial charge in [-0.3, -0.25) is 4.79 Å². The summed E-state index contributed by atoms with van der Waals surface area (Å²) in [5.41, 5.74) is -0.457. The minimum Gasteiger partial charge on any atom is -0.480 e. The Labute approximate surface area is 108 Å². The lowest BCUT2D eigenvalue weighted by Gasteiger charge is -2.27. The highest BCUT2D eigenvalue weighted by Gasteiger charge is 2.55. The van der Waals surface area contributed by atoms with Gasteiger partial charge in [0.05, 0.1) is 0 Å². The zero-order valence-electron chi connectivity index (χ0n) is 11.4. The SMILES string of the molecule is CC(C)(C)C(NC(=O)C1C2CCCCC21)C(=O)O. The largest absolute Gasteiger partial charge is 0.480 e. The van der Waals surface area contributed by atoms with E-state index in [1.54, 1.807) is 0 Å². The molecular weight excluding hydrogens is 230 g/mol. The fraction of sp³-hybridized carbons (Fsp3) is 0.857. The number of carboxylic acids is 1. The van der Waals surface area contributed by atoms with Gasteiger partial charge in [0.2, 0.25) is 5.91 Å². The van der Waals surface area contributed by atoms with Gasteiger partial charge in [-0.25, -0.2) is 4.79 Å². The van der Waals surface area contributed by atoms with Gasteiger partial charge in [-0.05, 0) is 30.1 Å². The monoisotopic (exact) mass is 253 g/mol. The first-order chi connectivity index (χ1) is 8.32. The summed E-state index contributed by atoms with van der Waals surface area (Å²) in [4.78, 5) is 23.4. The summed E-state index contributed by atoms with van der Waals surface area (Å²) in [6, 6.07) is -0.798. The Balaban J connectivity index is 1.96. The van der Waals surface area contributed by atoms with Crippen molar-refractivity contribution in [2.24, 2.45) is 23.2 Å².